The third-order valence-electron chi connectivity index (χ3n) is 4.26. The fourth-order valence-electron chi connectivity index (χ4n) is 3.04. The summed E-state index contributed by atoms with van der Waals surface area (Å²) in [5.74, 6) is 2.64. The summed E-state index contributed by atoms with van der Waals surface area (Å²) in [6, 6.07) is 8.24. The predicted octanol–water partition coefficient (Wildman–Crippen LogP) is 2.58. The van der Waals surface area contributed by atoms with Crippen LogP contribution in [-0.4, -0.2) is 36.4 Å². The van der Waals surface area contributed by atoms with Gasteiger partial charge < -0.3 is 19.4 Å². The fraction of sp³-hybridized carbons (Fsp3) is 0.500. The van der Waals surface area contributed by atoms with Crippen LogP contribution in [0.25, 0.3) is 0 Å². The Morgan fingerprint density at radius 2 is 2.13 bits per heavy atom. The molecular formula is C18H25N3O2. The highest BCUT2D eigenvalue weighted by molar-refractivity contribution is 5.27. The van der Waals surface area contributed by atoms with Crippen molar-refractivity contribution < 1.29 is 9.47 Å². The molecule has 2 aromatic rings. The number of nitrogens with zero attached hydrogens (tertiary/aromatic N) is 2. The molecule has 5 heteroatoms. The molecule has 1 atom stereocenters. The van der Waals surface area contributed by atoms with Crippen LogP contribution in [0, 0.1) is 0 Å². The first kappa shape index (κ1) is 16.0. The number of aryl methyl sites for hydroxylation is 1. The van der Waals surface area contributed by atoms with Crippen LogP contribution < -0.4 is 10.1 Å². The molecule has 0 saturated heterocycles. The third-order valence-corrected chi connectivity index (χ3v) is 4.26. The van der Waals surface area contributed by atoms with Crippen molar-refractivity contribution >= 4 is 0 Å². The van der Waals surface area contributed by atoms with Gasteiger partial charge in [0.15, 0.2) is 0 Å². The van der Waals surface area contributed by atoms with Crippen LogP contribution in [0.15, 0.2) is 36.7 Å². The molecule has 0 bridgehead atoms. The van der Waals surface area contributed by atoms with Gasteiger partial charge in [-0.3, -0.25) is 0 Å². The molecule has 1 N–H and O–H groups in total. The van der Waals surface area contributed by atoms with Crippen molar-refractivity contribution in [3.05, 3.63) is 48.0 Å². The number of aromatic nitrogens is 2. The molecule has 5 nitrogen and oxygen atoms in total. The largest absolute Gasteiger partial charge is 0.491 e. The summed E-state index contributed by atoms with van der Waals surface area (Å²) < 4.78 is 12.8. The number of fused-ring (bicyclic) bond motifs is 1. The van der Waals surface area contributed by atoms with Crippen molar-refractivity contribution in [2.75, 3.05) is 26.9 Å². The Hall–Kier alpha value is -1.85. The Bertz CT molecular complexity index is 595. The number of nitrogens with one attached hydrogen (secondary N) is 1. The Kier molecular flexibility index (Phi) is 5.66. The maximum Gasteiger partial charge on any atom is 0.119 e. The molecular weight excluding hydrogens is 290 g/mol. The first-order valence-corrected chi connectivity index (χ1v) is 8.29. The summed E-state index contributed by atoms with van der Waals surface area (Å²) in [5, 5.41) is 3.56. The van der Waals surface area contributed by atoms with Crippen LogP contribution in [0.5, 0.6) is 5.75 Å². The number of rotatable bonds is 8. The molecule has 0 radical (unpaired) electrons. The second-order valence-electron chi connectivity index (χ2n) is 5.93. The minimum Gasteiger partial charge on any atom is -0.491 e. The van der Waals surface area contributed by atoms with Gasteiger partial charge in [-0.05, 0) is 30.5 Å². The highest BCUT2D eigenvalue weighted by atomic mass is 16.5. The first-order valence-electron chi connectivity index (χ1n) is 8.29. The Labute approximate surface area is 137 Å². The molecule has 124 valence electrons. The van der Waals surface area contributed by atoms with E-state index in [1.807, 2.05) is 18.3 Å². The van der Waals surface area contributed by atoms with Gasteiger partial charge >= 0.3 is 0 Å². The van der Waals surface area contributed by atoms with E-state index in [0.717, 1.165) is 25.4 Å². The molecule has 0 aliphatic carbocycles. The summed E-state index contributed by atoms with van der Waals surface area (Å²) in [5.41, 5.74) is 1.27. The van der Waals surface area contributed by atoms with Gasteiger partial charge in [0.2, 0.25) is 0 Å². The standard InChI is InChI=1S/C18H25N3O2/c1-22-11-12-23-17-6-4-15(5-7-17)13-19-14-16-3-2-9-21-10-8-20-18(16)21/h4-8,10,16,19H,2-3,9,11-14H2,1H3/t16-/m1/s1. The van der Waals surface area contributed by atoms with E-state index in [0.29, 0.717) is 19.1 Å². The number of hydrogen-bond donors (Lipinski definition) is 1. The summed E-state index contributed by atoms with van der Waals surface area (Å²) >= 11 is 0. The van der Waals surface area contributed by atoms with Crippen molar-refractivity contribution in [3.63, 3.8) is 0 Å². The molecule has 1 aromatic carbocycles. The molecule has 0 unspecified atom stereocenters. The van der Waals surface area contributed by atoms with Crippen molar-refractivity contribution in [1.29, 1.82) is 0 Å². The van der Waals surface area contributed by atoms with E-state index in [2.05, 4.69) is 33.2 Å². The van der Waals surface area contributed by atoms with Gasteiger partial charge in [0.05, 0.1) is 6.61 Å². The van der Waals surface area contributed by atoms with E-state index in [1.165, 1.54) is 24.2 Å². The van der Waals surface area contributed by atoms with Crippen LogP contribution >= 0.6 is 0 Å². The topological polar surface area (TPSA) is 48.3 Å². The minimum absolute atomic E-state index is 0.524. The second kappa shape index (κ2) is 8.13. The average molecular weight is 315 g/mol. The highest BCUT2D eigenvalue weighted by Crippen LogP contribution is 2.24. The average Bonchev–Trinajstić information content (AvgIpc) is 3.06. The molecule has 1 aliphatic rings. The number of methoxy groups -OCH3 is 1. The number of hydrogen-bond acceptors (Lipinski definition) is 4. The van der Waals surface area contributed by atoms with Gasteiger partial charge in [-0.1, -0.05) is 12.1 Å². The lowest BCUT2D eigenvalue weighted by atomic mass is 9.99. The van der Waals surface area contributed by atoms with Gasteiger partial charge in [0.1, 0.15) is 18.2 Å². The molecule has 0 saturated carbocycles. The monoisotopic (exact) mass is 315 g/mol. The van der Waals surface area contributed by atoms with Crippen LogP contribution in [0.1, 0.15) is 30.1 Å². The zero-order chi connectivity index (χ0) is 15.9. The molecule has 0 amide bonds. The van der Waals surface area contributed by atoms with Gasteiger partial charge in [-0.2, -0.15) is 0 Å². The van der Waals surface area contributed by atoms with Crippen molar-refractivity contribution in [3.8, 4) is 5.75 Å². The zero-order valence-corrected chi connectivity index (χ0v) is 13.7. The molecule has 3 rings (SSSR count). The Balaban J connectivity index is 1.44. The summed E-state index contributed by atoms with van der Waals surface area (Å²) in [7, 11) is 1.68. The van der Waals surface area contributed by atoms with Crippen LogP contribution in [0.2, 0.25) is 0 Å². The first-order chi connectivity index (χ1) is 11.4. The normalized spacial score (nSPS) is 17.0. The van der Waals surface area contributed by atoms with Crippen molar-refractivity contribution in [1.82, 2.24) is 14.9 Å². The zero-order valence-electron chi connectivity index (χ0n) is 13.7. The van der Waals surface area contributed by atoms with E-state index in [1.54, 1.807) is 7.11 Å². The molecule has 0 spiro atoms. The number of imidazole rings is 1. The molecule has 23 heavy (non-hydrogen) atoms. The summed E-state index contributed by atoms with van der Waals surface area (Å²) in [6.07, 6.45) is 6.46. The number of ether oxygens (including phenoxy) is 2. The quantitative estimate of drug-likeness (QED) is 0.761. The lowest BCUT2D eigenvalue weighted by molar-refractivity contribution is 0.146. The fourth-order valence-corrected chi connectivity index (χ4v) is 3.04. The minimum atomic E-state index is 0.524. The van der Waals surface area contributed by atoms with E-state index in [9.17, 15) is 0 Å². The molecule has 2 heterocycles. The smallest absolute Gasteiger partial charge is 0.119 e. The Morgan fingerprint density at radius 3 is 2.96 bits per heavy atom. The lowest BCUT2D eigenvalue weighted by Gasteiger charge is -2.23. The number of benzene rings is 1. The maximum absolute atomic E-state index is 5.57. The van der Waals surface area contributed by atoms with Crippen LogP contribution in [0.4, 0.5) is 0 Å². The predicted molar refractivity (Wildman–Crippen MR) is 89.7 cm³/mol. The van der Waals surface area contributed by atoms with Crippen molar-refractivity contribution in [2.24, 2.45) is 0 Å². The van der Waals surface area contributed by atoms with Gasteiger partial charge in [-0.25, -0.2) is 4.98 Å². The van der Waals surface area contributed by atoms with Crippen molar-refractivity contribution in [2.45, 2.75) is 31.8 Å². The Morgan fingerprint density at radius 1 is 1.26 bits per heavy atom. The maximum atomic E-state index is 5.57. The molecule has 0 fully saturated rings. The molecule has 1 aromatic heterocycles. The van der Waals surface area contributed by atoms with E-state index in [4.69, 9.17) is 9.47 Å². The van der Waals surface area contributed by atoms with E-state index < -0.39 is 0 Å². The SMILES string of the molecule is COCCOc1ccc(CNC[C@H]2CCCn3ccnc32)cc1. The third kappa shape index (κ3) is 4.33. The van der Waals surface area contributed by atoms with Gasteiger partial charge in [-0.15, -0.1) is 0 Å². The van der Waals surface area contributed by atoms with Gasteiger partial charge in [0.25, 0.3) is 0 Å². The highest BCUT2D eigenvalue weighted by Gasteiger charge is 2.20. The lowest BCUT2D eigenvalue weighted by Crippen LogP contribution is -2.26. The van der Waals surface area contributed by atoms with Crippen LogP contribution in [-0.2, 0) is 17.8 Å². The van der Waals surface area contributed by atoms with Gasteiger partial charge in [0, 0.05) is 45.1 Å². The molecule has 1 aliphatic heterocycles. The van der Waals surface area contributed by atoms with E-state index in [-0.39, 0.29) is 0 Å². The second-order valence-corrected chi connectivity index (χ2v) is 5.93. The summed E-state index contributed by atoms with van der Waals surface area (Å²) in [6.45, 7) is 4.15. The summed E-state index contributed by atoms with van der Waals surface area (Å²) in [4.78, 5) is 4.51. The van der Waals surface area contributed by atoms with Crippen LogP contribution in [0.3, 0.4) is 0 Å². The van der Waals surface area contributed by atoms with E-state index >= 15 is 0 Å².